The second-order valence-corrected chi connectivity index (χ2v) is 13.9. The molecular weight excluding hydrogens is 547 g/mol. The molecule has 0 bridgehead atoms. The molecule has 10 nitrogen and oxygen atoms in total. The van der Waals surface area contributed by atoms with Crippen LogP contribution in [0, 0.1) is 0 Å². The van der Waals surface area contributed by atoms with Gasteiger partial charge in [-0.3, -0.25) is 9.67 Å². The van der Waals surface area contributed by atoms with E-state index in [2.05, 4.69) is 61.6 Å². The lowest BCUT2D eigenvalue weighted by molar-refractivity contribution is 0.342. The Labute approximate surface area is 239 Å². The van der Waals surface area contributed by atoms with E-state index in [1.807, 2.05) is 24.9 Å². The van der Waals surface area contributed by atoms with E-state index in [-0.39, 0.29) is 0 Å². The standard InChI is InChI=1S/C28H34ClN8O2P/c1-7-39-25-14-24-18(19-15-32-36(4)23(19)10-12-37(24)17(2)3)13-22(25)34-28-31-16-20(29)26(35-28)33-21-9-8-11-30-27(21)40(5,6)38/h8-9,11,13-17H,7,10,12H2,1-6H3,(H2,31,33,34,35). The van der Waals surface area contributed by atoms with Crippen LogP contribution in [-0.4, -0.2) is 57.3 Å². The summed E-state index contributed by atoms with van der Waals surface area (Å²) in [5, 5.41) is 11.4. The third kappa shape index (κ3) is 5.51. The lowest BCUT2D eigenvalue weighted by atomic mass is 10.0. The van der Waals surface area contributed by atoms with Crippen molar-refractivity contribution in [3.05, 3.63) is 53.6 Å². The van der Waals surface area contributed by atoms with Gasteiger partial charge in [0.1, 0.15) is 23.3 Å². The number of ether oxygens (including phenoxy) is 1. The summed E-state index contributed by atoms with van der Waals surface area (Å²) < 4.78 is 20.9. The number of aryl methyl sites for hydroxylation is 1. The van der Waals surface area contributed by atoms with E-state index in [0.29, 0.717) is 46.3 Å². The summed E-state index contributed by atoms with van der Waals surface area (Å²) in [5.41, 5.74) is 6.23. The van der Waals surface area contributed by atoms with Crippen LogP contribution in [0.2, 0.25) is 5.02 Å². The van der Waals surface area contributed by atoms with Gasteiger partial charge in [-0.2, -0.15) is 10.1 Å². The fourth-order valence-electron chi connectivity index (χ4n) is 4.95. The van der Waals surface area contributed by atoms with E-state index in [1.165, 1.54) is 11.9 Å². The van der Waals surface area contributed by atoms with E-state index < -0.39 is 7.14 Å². The first-order chi connectivity index (χ1) is 19.1. The highest BCUT2D eigenvalue weighted by atomic mass is 35.5. The number of fused-ring (bicyclic) bond motifs is 3. The highest BCUT2D eigenvalue weighted by Gasteiger charge is 2.26. The number of hydrogen-bond acceptors (Lipinski definition) is 9. The van der Waals surface area contributed by atoms with Crippen molar-refractivity contribution in [2.75, 3.05) is 42.0 Å². The molecule has 5 rings (SSSR count). The Balaban J connectivity index is 1.56. The fraction of sp³-hybridized carbons (Fsp3) is 0.357. The van der Waals surface area contributed by atoms with Gasteiger partial charge in [-0.15, -0.1) is 0 Å². The second kappa shape index (κ2) is 11.1. The molecule has 2 N–H and O–H groups in total. The topological polar surface area (TPSA) is 110 Å². The molecular formula is C28H34ClN8O2P. The molecule has 0 fully saturated rings. The molecule has 0 radical (unpaired) electrons. The monoisotopic (exact) mass is 580 g/mol. The number of nitrogens with one attached hydrogen (secondary N) is 2. The smallest absolute Gasteiger partial charge is 0.229 e. The Kier molecular flexibility index (Phi) is 7.75. The molecule has 1 aromatic carbocycles. The summed E-state index contributed by atoms with van der Waals surface area (Å²) in [6, 6.07) is 8.05. The maximum absolute atomic E-state index is 12.8. The normalized spacial score (nSPS) is 13.1. The van der Waals surface area contributed by atoms with Crippen LogP contribution in [0.4, 0.5) is 28.8 Å². The van der Waals surface area contributed by atoms with Gasteiger partial charge in [0.15, 0.2) is 5.82 Å². The van der Waals surface area contributed by atoms with E-state index in [4.69, 9.17) is 16.3 Å². The van der Waals surface area contributed by atoms with Crippen molar-refractivity contribution >= 4 is 53.0 Å². The Hall–Kier alpha value is -3.62. The average molecular weight is 581 g/mol. The lowest BCUT2D eigenvalue weighted by Gasteiger charge is -2.30. The van der Waals surface area contributed by atoms with Crippen molar-refractivity contribution in [3.8, 4) is 16.9 Å². The van der Waals surface area contributed by atoms with E-state index in [1.54, 1.807) is 31.7 Å². The third-order valence-electron chi connectivity index (χ3n) is 6.81. The lowest BCUT2D eigenvalue weighted by Crippen LogP contribution is -2.32. The maximum atomic E-state index is 12.8. The molecule has 3 aromatic heterocycles. The van der Waals surface area contributed by atoms with Crippen LogP contribution < -0.4 is 25.7 Å². The zero-order valence-corrected chi connectivity index (χ0v) is 25.2. The van der Waals surface area contributed by atoms with Crippen molar-refractivity contribution in [2.24, 2.45) is 7.05 Å². The minimum absolute atomic E-state index is 0.307. The Bertz CT molecular complexity index is 1600. The van der Waals surface area contributed by atoms with Crippen molar-refractivity contribution < 1.29 is 9.30 Å². The van der Waals surface area contributed by atoms with Crippen LogP contribution in [0.15, 0.2) is 42.9 Å². The van der Waals surface area contributed by atoms with Gasteiger partial charge >= 0.3 is 0 Å². The maximum Gasteiger partial charge on any atom is 0.229 e. The minimum atomic E-state index is -2.64. The number of hydrogen-bond donors (Lipinski definition) is 2. The molecule has 0 spiro atoms. The van der Waals surface area contributed by atoms with Crippen LogP contribution in [0.25, 0.3) is 11.1 Å². The van der Waals surface area contributed by atoms with E-state index in [0.717, 1.165) is 35.5 Å². The van der Waals surface area contributed by atoms with E-state index >= 15 is 0 Å². The molecule has 1 aliphatic rings. The number of benzene rings is 1. The van der Waals surface area contributed by atoms with Crippen molar-refractivity contribution in [3.63, 3.8) is 0 Å². The first-order valence-corrected chi connectivity index (χ1v) is 16.2. The number of nitrogens with zero attached hydrogens (tertiary/aromatic N) is 6. The Morgan fingerprint density at radius 3 is 2.65 bits per heavy atom. The summed E-state index contributed by atoms with van der Waals surface area (Å²) in [4.78, 5) is 15.8. The van der Waals surface area contributed by atoms with Gasteiger partial charge < -0.3 is 24.8 Å². The number of rotatable bonds is 8. The zero-order chi connectivity index (χ0) is 28.6. The Morgan fingerprint density at radius 1 is 1.12 bits per heavy atom. The van der Waals surface area contributed by atoms with Gasteiger partial charge in [-0.05, 0) is 52.3 Å². The molecule has 40 heavy (non-hydrogen) atoms. The highest BCUT2D eigenvalue weighted by molar-refractivity contribution is 7.70. The predicted molar refractivity (Wildman–Crippen MR) is 163 cm³/mol. The minimum Gasteiger partial charge on any atom is -0.492 e. The van der Waals surface area contributed by atoms with Crippen LogP contribution >= 0.6 is 18.7 Å². The molecule has 0 aliphatic carbocycles. The van der Waals surface area contributed by atoms with E-state index in [9.17, 15) is 4.57 Å². The van der Waals surface area contributed by atoms with Gasteiger partial charge in [0.25, 0.3) is 0 Å². The molecule has 0 saturated heterocycles. The van der Waals surface area contributed by atoms with Gasteiger partial charge in [0.2, 0.25) is 5.95 Å². The quantitative estimate of drug-likeness (QED) is 0.249. The zero-order valence-electron chi connectivity index (χ0n) is 23.6. The number of anilines is 5. The molecule has 0 saturated carbocycles. The summed E-state index contributed by atoms with van der Waals surface area (Å²) in [5.74, 6) is 1.39. The van der Waals surface area contributed by atoms with Crippen LogP contribution in [0.5, 0.6) is 5.75 Å². The molecule has 0 unspecified atom stereocenters. The van der Waals surface area contributed by atoms with Gasteiger partial charge in [-0.25, -0.2) is 4.98 Å². The summed E-state index contributed by atoms with van der Waals surface area (Å²) >= 11 is 6.47. The van der Waals surface area contributed by atoms with Crippen molar-refractivity contribution in [1.82, 2.24) is 24.7 Å². The summed E-state index contributed by atoms with van der Waals surface area (Å²) in [7, 11) is -0.661. The SMILES string of the molecule is CCOc1cc2c(cc1Nc1ncc(Cl)c(Nc3cccnc3P(C)(C)=O)n1)-c1cnn(C)c1CCN2C(C)C. The van der Waals surface area contributed by atoms with Crippen molar-refractivity contribution in [2.45, 2.75) is 33.2 Å². The molecule has 12 heteroatoms. The molecule has 4 aromatic rings. The first-order valence-electron chi connectivity index (χ1n) is 13.2. The van der Waals surface area contributed by atoms with Gasteiger partial charge in [0, 0.05) is 60.8 Å². The van der Waals surface area contributed by atoms with Gasteiger partial charge in [0.05, 0.1) is 30.4 Å². The van der Waals surface area contributed by atoms with Crippen LogP contribution in [0.1, 0.15) is 26.5 Å². The first kappa shape index (κ1) is 27.9. The number of pyridine rings is 1. The van der Waals surface area contributed by atoms with Crippen LogP contribution in [-0.2, 0) is 18.0 Å². The summed E-state index contributed by atoms with van der Waals surface area (Å²) in [6.45, 7) is 11.1. The largest absolute Gasteiger partial charge is 0.492 e. The van der Waals surface area contributed by atoms with Gasteiger partial charge in [-0.1, -0.05) is 11.6 Å². The third-order valence-corrected chi connectivity index (χ3v) is 8.47. The molecule has 0 amide bonds. The molecule has 210 valence electrons. The molecule has 4 heterocycles. The predicted octanol–water partition coefficient (Wildman–Crippen LogP) is 5.83. The number of aromatic nitrogens is 5. The fourth-order valence-corrected chi connectivity index (χ4v) is 6.14. The summed E-state index contributed by atoms with van der Waals surface area (Å²) in [6.07, 6.45) is 5.96. The highest BCUT2D eigenvalue weighted by Crippen LogP contribution is 2.44. The molecule has 0 atom stereocenters. The Morgan fingerprint density at radius 2 is 1.93 bits per heavy atom. The van der Waals surface area contributed by atoms with Crippen LogP contribution in [0.3, 0.4) is 0 Å². The second-order valence-electron chi connectivity index (χ2n) is 10.3. The average Bonchev–Trinajstić information content (AvgIpc) is 3.18. The molecule has 1 aliphatic heterocycles. The number of halogens is 1. The van der Waals surface area contributed by atoms with Crippen molar-refractivity contribution in [1.29, 1.82) is 0 Å².